The van der Waals surface area contributed by atoms with E-state index in [1.165, 1.54) is 15.8 Å². The fraction of sp³-hybridized carbons (Fsp3) is 0.545. The van der Waals surface area contributed by atoms with Crippen LogP contribution >= 0.6 is 11.3 Å². The number of thiophene rings is 1. The van der Waals surface area contributed by atoms with Gasteiger partial charge in [-0.3, -0.25) is 0 Å². The smallest absolute Gasteiger partial charge is 0.347 e. The number of ether oxygens (including phenoxy) is 1. The van der Waals surface area contributed by atoms with Gasteiger partial charge < -0.3 is 9.84 Å². The first-order valence-electron chi connectivity index (χ1n) is 5.80. The van der Waals surface area contributed by atoms with Crippen molar-refractivity contribution in [1.29, 1.82) is 0 Å². The van der Waals surface area contributed by atoms with Gasteiger partial charge in [0.05, 0.1) is 6.10 Å². The van der Waals surface area contributed by atoms with Crippen molar-refractivity contribution in [3.05, 3.63) is 16.3 Å². The molecule has 0 atom stereocenters. The van der Waals surface area contributed by atoms with Gasteiger partial charge in [0.15, 0.2) is 0 Å². The Bertz CT molecular complexity index is 557. The van der Waals surface area contributed by atoms with E-state index in [4.69, 9.17) is 9.84 Å². The average Bonchev–Trinajstić information content (AvgIpc) is 2.89. The van der Waals surface area contributed by atoms with Gasteiger partial charge in [0.2, 0.25) is 10.0 Å². The number of hydrogen-bond acceptors (Lipinski definition) is 5. The number of methoxy groups -OCH3 is 1. The Morgan fingerprint density at radius 2 is 2.11 bits per heavy atom. The molecular weight excluding hydrogens is 290 g/mol. The van der Waals surface area contributed by atoms with Crippen LogP contribution < -0.4 is 0 Å². The number of carboxylic acid groups (broad SMARTS) is 1. The number of sulfonamides is 1. The van der Waals surface area contributed by atoms with Crippen LogP contribution in [0.2, 0.25) is 0 Å². The first kappa shape index (κ1) is 14.4. The quantitative estimate of drug-likeness (QED) is 0.905. The first-order chi connectivity index (χ1) is 8.96. The fourth-order valence-corrected chi connectivity index (χ4v) is 4.81. The fourth-order valence-electron chi connectivity index (χ4n) is 2.10. The highest BCUT2D eigenvalue weighted by Gasteiger charge is 2.32. The Balaban J connectivity index is 2.23. The van der Waals surface area contributed by atoms with Crippen LogP contribution in [0.5, 0.6) is 0 Å². The summed E-state index contributed by atoms with van der Waals surface area (Å²) < 4.78 is 31.3. The van der Waals surface area contributed by atoms with Gasteiger partial charge >= 0.3 is 5.97 Å². The highest BCUT2D eigenvalue weighted by atomic mass is 32.2. The molecular formula is C11H15NO5S2. The second-order valence-corrected chi connectivity index (χ2v) is 7.08. The average molecular weight is 305 g/mol. The lowest BCUT2D eigenvalue weighted by Gasteiger charge is -2.30. The van der Waals surface area contributed by atoms with E-state index >= 15 is 0 Å². The topological polar surface area (TPSA) is 83.9 Å². The molecule has 2 rings (SSSR count). The number of carbonyl (C=O) groups is 1. The molecule has 0 unspecified atom stereocenters. The van der Waals surface area contributed by atoms with Crippen LogP contribution in [-0.4, -0.2) is 50.1 Å². The van der Waals surface area contributed by atoms with Gasteiger partial charge in [-0.15, -0.1) is 11.3 Å². The summed E-state index contributed by atoms with van der Waals surface area (Å²) in [4.78, 5) is 10.8. The van der Waals surface area contributed by atoms with Crippen LogP contribution in [0.4, 0.5) is 0 Å². The van der Waals surface area contributed by atoms with Gasteiger partial charge in [-0.1, -0.05) is 0 Å². The standard InChI is InChI=1S/C11H15NO5S2/c1-17-8-2-5-12(6-3-8)19(15,16)9-4-7-18-10(9)11(13)14/h4,7-8H,2-3,5-6H2,1H3,(H,13,14). The van der Waals surface area contributed by atoms with Crippen molar-refractivity contribution >= 4 is 27.3 Å². The van der Waals surface area contributed by atoms with Crippen LogP contribution in [-0.2, 0) is 14.8 Å². The zero-order valence-electron chi connectivity index (χ0n) is 10.4. The molecule has 8 heteroatoms. The molecule has 0 amide bonds. The summed E-state index contributed by atoms with van der Waals surface area (Å²) in [7, 11) is -2.11. The van der Waals surface area contributed by atoms with Gasteiger partial charge in [0.25, 0.3) is 0 Å². The third kappa shape index (κ3) is 2.81. The maximum absolute atomic E-state index is 12.4. The highest BCUT2D eigenvalue weighted by molar-refractivity contribution is 7.89. The lowest BCUT2D eigenvalue weighted by Crippen LogP contribution is -2.40. The Kier molecular flexibility index (Phi) is 4.24. The SMILES string of the molecule is COC1CCN(S(=O)(=O)c2ccsc2C(=O)O)CC1. The highest BCUT2D eigenvalue weighted by Crippen LogP contribution is 2.27. The number of hydrogen-bond donors (Lipinski definition) is 1. The summed E-state index contributed by atoms with van der Waals surface area (Å²) in [6.07, 6.45) is 1.33. The molecule has 1 aromatic rings. The zero-order valence-corrected chi connectivity index (χ0v) is 12.0. The van der Waals surface area contributed by atoms with Crippen molar-refractivity contribution < 1.29 is 23.1 Å². The number of aromatic carboxylic acids is 1. The molecule has 106 valence electrons. The minimum atomic E-state index is -3.72. The lowest BCUT2D eigenvalue weighted by atomic mass is 10.1. The Hall–Kier alpha value is -0.960. The minimum absolute atomic E-state index is 0.0767. The van der Waals surface area contributed by atoms with E-state index in [2.05, 4.69) is 0 Å². The number of carboxylic acids is 1. The first-order valence-corrected chi connectivity index (χ1v) is 8.12. The number of nitrogens with zero attached hydrogens (tertiary/aromatic N) is 1. The second kappa shape index (κ2) is 5.58. The Morgan fingerprint density at radius 1 is 1.47 bits per heavy atom. The van der Waals surface area contributed by atoms with Crippen LogP contribution in [0, 0.1) is 0 Å². The summed E-state index contributed by atoms with van der Waals surface area (Å²) in [5.41, 5.74) is 0. The minimum Gasteiger partial charge on any atom is -0.477 e. The molecule has 0 saturated carbocycles. The monoisotopic (exact) mass is 305 g/mol. The molecule has 0 bridgehead atoms. The van der Waals surface area contributed by atoms with Gasteiger partial charge in [-0.2, -0.15) is 4.31 Å². The van der Waals surface area contributed by atoms with Crippen molar-refractivity contribution in [1.82, 2.24) is 4.31 Å². The normalized spacial score (nSPS) is 18.6. The maximum Gasteiger partial charge on any atom is 0.347 e. The summed E-state index contributed by atoms with van der Waals surface area (Å²) in [6, 6.07) is 1.35. The molecule has 6 nitrogen and oxygen atoms in total. The van der Waals surface area contributed by atoms with Gasteiger partial charge in [-0.25, -0.2) is 13.2 Å². The van der Waals surface area contributed by atoms with Crippen molar-refractivity contribution in [2.24, 2.45) is 0 Å². The van der Waals surface area contributed by atoms with Gasteiger partial charge in [-0.05, 0) is 24.3 Å². The molecule has 19 heavy (non-hydrogen) atoms. The van der Waals surface area contributed by atoms with E-state index < -0.39 is 16.0 Å². The molecule has 1 aromatic heterocycles. The second-order valence-electron chi connectivity index (χ2n) is 4.26. The summed E-state index contributed by atoms with van der Waals surface area (Å²) in [5.74, 6) is -1.21. The molecule has 0 radical (unpaired) electrons. The molecule has 0 spiro atoms. The van der Waals surface area contributed by atoms with Crippen molar-refractivity contribution in [3.8, 4) is 0 Å². The molecule has 1 saturated heterocycles. The van der Waals surface area contributed by atoms with Crippen LogP contribution in [0.3, 0.4) is 0 Å². The molecule has 1 N–H and O–H groups in total. The molecule has 0 aliphatic carbocycles. The largest absolute Gasteiger partial charge is 0.477 e. The molecule has 1 fully saturated rings. The zero-order chi connectivity index (χ0) is 14.0. The third-order valence-corrected chi connectivity index (χ3v) is 6.15. The van der Waals surface area contributed by atoms with Crippen LogP contribution in [0.25, 0.3) is 0 Å². The molecule has 2 heterocycles. The number of rotatable bonds is 4. The predicted molar refractivity (Wildman–Crippen MR) is 70.1 cm³/mol. The summed E-state index contributed by atoms with van der Waals surface area (Å²) in [5, 5.41) is 10.5. The van der Waals surface area contributed by atoms with E-state index in [1.807, 2.05) is 0 Å². The Morgan fingerprint density at radius 3 is 2.63 bits per heavy atom. The molecule has 1 aliphatic rings. The van der Waals surface area contributed by atoms with Gasteiger partial charge in [0.1, 0.15) is 9.77 Å². The van der Waals surface area contributed by atoms with E-state index in [0.717, 1.165) is 11.3 Å². The summed E-state index contributed by atoms with van der Waals surface area (Å²) >= 11 is 0.924. The van der Waals surface area contributed by atoms with Crippen molar-refractivity contribution in [2.45, 2.75) is 23.8 Å². The van der Waals surface area contributed by atoms with E-state index in [1.54, 1.807) is 7.11 Å². The van der Waals surface area contributed by atoms with Crippen LogP contribution in [0.1, 0.15) is 22.5 Å². The van der Waals surface area contributed by atoms with E-state index in [0.29, 0.717) is 25.9 Å². The van der Waals surface area contributed by atoms with Crippen molar-refractivity contribution in [3.63, 3.8) is 0 Å². The third-order valence-electron chi connectivity index (χ3n) is 3.18. The Labute approximate surface area is 115 Å². The van der Waals surface area contributed by atoms with E-state index in [-0.39, 0.29) is 15.9 Å². The van der Waals surface area contributed by atoms with Crippen molar-refractivity contribution in [2.75, 3.05) is 20.2 Å². The summed E-state index contributed by atoms with van der Waals surface area (Å²) in [6.45, 7) is 0.714. The van der Waals surface area contributed by atoms with Crippen LogP contribution in [0.15, 0.2) is 16.3 Å². The van der Waals surface area contributed by atoms with E-state index in [9.17, 15) is 13.2 Å². The number of piperidine rings is 1. The molecule has 1 aliphatic heterocycles. The predicted octanol–water partition coefficient (Wildman–Crippen LogP) is 1.25. The molecule has 0 aromatic carbocycles. The maximum atomic E-state index is 12.4. The lowest BCUT2D eigenvalue weighted by molar-refractivity contribution is 0.0602. The van der Waals surface area contributed by atoms with Gasteiger partial charge in [0, 0.05) is 20.2 Å².